The van der Waals surface area contributed by atoms with E-state index < -0.39 is 0 Å². The summed E-state index contributed by atoms with van der Waals surface area (Å²) in [6, 6.07) is 7.10. The summed E-state index contributed by atoms with van der Waals surface area (Å²) >= 11 is 9.41. The fourth-order valence-electron chi connectivity index (χ4n) is 1.51. The molecule has 1 N–H and O–H groups in total. The van der Waals surface area contributed by atoms with E-state index in [2.05, 4.69) is 31.2 Å². The minimum absolute atomic E-state index is 0.246. The van der Waals surface area contributed by atoms with Gasteiger partial charge in [0.15, 0.2) is 0 Å². The summed E-state index contributed by atoms with van der Waals surface area (Å²) in [5.41, 5.74) is 1.20. The number of hydrogen-bond acceptors (Lipinski definition) is 3. The van der Waals surface area contributed by atoms with E-state index in [1.165, 1.54) is 0 Å². The lowest BCUT2D eigenvalue weighted by atomic mass is 10.2. The summed E-state index contributed by atoms with van der Waals surface area (Å²) in [5.74, 6) is 0.318. The molecule has 0 aliphatic rings. The predicted molar refractivity (Wildman–Crippen MR) is 77.1 cm³/mol. The van der Waals surface area contributed by atoms with Crippen molar-refractivity contribution in [3.05, 3.63) is 57.0 Å². The number of halogens is 2. The molecule has 19 heavy (non-hydrogen) atoms. The largest absolute Gasteiger partial charge is 0.347 e. The summed E-state index contributed by atoms with van der Waals surface area (Å²) in [5, 5.41) is 3.38. The van der Waals surface area contributed by atoms with Crippen LogP contribution >= 0.6 is 27.5 Å². The van der Waals surface area contributed by atoms with Crippen LogP contribution in [0.2, 0.25) is 5.02 Å². The molecule has 1 aromatic carbocycles. The molecule has 2 rings (SSSR count). The fraction of sp³-hybridized carbons (Fsp3) is 0.154. The predicted octanol–water partition coefficient (Wildman–Crippen LogP) is 3.13. The molecule has 0 aliphatic carbocycles. The van der Waals surface area contributed by atoms with Crippen LogP contribution in [0.1, 0.15) is 21.9 Å². The zero-order valence-corrected chi connectivity index (χ0v) is 12.5. The van der Waals surface area contributed by atoms with Crippen molar-refractivity contribution in [2.45, 2.75) is 13.5 Å². The van der Waals surface area contributed by atoms with Crippen molar-refractivity contribution in [1.29, 1.82) is 0 Å². The van der Waals surface area contributed by atoms with Crippen molar-refractivity contribution < 1.29 is 4.79 Å². The lowest BCUT2D eigenvalue weighted by molar-refractivity contribution is 0.0945. The summed E-state index contributed by atoms with van der Waals surface area (Å²) in [7, 11) is 0. The van der Waals surface area contributed by atoms with Gasteiger partial charge >= 0.3 is 0 Å². The number of carbonyl (C=O) groups excluding carboxylic acids is 1. The molecule has 98 valence electrons. The van der Waals surface area contributed by atoms with Gasteiger partial charge < -0.3 is 5.32 Å². The van der Waals surface area contributed by atoms with E-state index >= 15 is 0 Å². The maximum Gasteiger partial charge on any atom is 0.270 e. The molecule has 0 saturated heterocycles. The number of nitrogens with zero attached hydrogens (tertiary/aromatic N) is 2. The third kappa shape index (κ3) is 3.75. The van der Waals surface area contributed by atoms with Crippen LogP contribution in [0.5, 0.6) is 0 Å². The molecule has 0 atom stereocenters. The molecule has 1 amide bonds. The average Bonchev–Trinajstić information content (AvgIpc) is 2.37. The zero-order chi connectivity index (χ0) is 13.8. The van der Waals surface area contributed by atoms with Crippen LogP contribution in [0, 0.1) is 6.92 Å². The molecule has 2 aromatic rings. The van der Waals surface area contributed by atoms with E-state index in [0.717, 1.165) is 10.0 Å². The van der Waals surface area contributed by atoms with Crippen molar-refractivity contribution in [3.8, 4) is 0 Å². The molecule has 6 heteroatoms. The van der Waals surface area contributed by atoms with Crippen LogP contribution < -0.4 is 5.32 Å². The zero-order valence-electron chi connectivity index (χ0n) is 10.2. The van der Waals surface area contributed by atoms with Gasteiger partial charge in [0.05, 0.1) is 0 Å². The van der Waals surface area contributed by atoms with Crippen LogP contribution in [-0.2, 0) is 6.54 Å². The number of benzene rings is 1. The Labute approximate surface area is 124 Å². The highest BCUT2D eigenvalue weighted by molar-refractivity contribution is 9.10. The van der Waals surface area contributed by atoms with Crippen molar-refractivity contribution in [1.82, 2.24) is 15.3 Å². The van der Waals surface area contributed by atoms with E-state index in [-0.39, 0.29) is 5.91 Å². The van der Waals surface area contributed by atoms with Gasteiger partial charge in [0.25, 0.3) is 5.91 Å². The monoisotopic (exact) mass is 339 g/mol. The smallest absolute Gasteiger partial charge is 0.270 e. The van der Waals surface area contributed by atoms with Crippen LogP contribution in [0.4, 0.5) is 0 Å². The Balaban J connectivity index is 2.04. The highest BCUT2D eigenvalue weighted by atomic mass is 79.9. The van der Waals surface area contributed by atoms with Gasteiger partial charge in [-0.3, -0.25) is 4.79 Å². The highest BCUT2D eigenvalue weighted by Gasteiger charge is 2.08. The number of aryl methyl sites for hydroxylation is 1. The van der Waals surface area contributed by atoms with Gasteiger partial charge in [0, 0.05) is 22.2 Å². The number of amides is 1. The molecule has 0 radical (unpaired) electrons. The number of carbonyl (C=O) groups is 1. The Kier molecular flexibility index (Phi) is 4.50. The fourth-order valence-corrected chi connectivity index (χ4v) is 2.25. The standard InChI is InChI=1S/C13H11BrClN3O/c1-8-16-5-4-12(18-8)13(19)17-7-9-2-3-10(14)6-11(9)15/h2-6H,7H2,1H3,(H,17,19). The first-order chi connectivity index (χ1) is 9.06. The SMILES string of the molecule is Cc1nccc(C(=O)NCc2ccc(Br)cc2Cl)n1. The summed E-state index contributed by atoms with van der Waals surface area (Å²) in [6.45, 7) is 2.09. The highest BCUT2D eigenvalue weighted by Crippen LogP contribution is 2.21. The topological polar surface area (TPSA) is 54.9 Å². The Hall–Kier alpha value is -1.46. The van der Waals surface area contributed by atoms with Crippen LogP contribution in [0.25, 0.3) is 0 Å². The van der Waals surface area contributed by atoms with Crippen LogP contribution in [-0.4, -0.2) is 15.9 Å². The second-order valence-corrected chi connectivity index (χ2v) is 5.23. The molecule has 4 nitrogen and oxygen atoms in total. The number of hydrogen-bond donors (Lipinski definition) is 1. The molecule has 0 bridgehead atoms. The molecular weight excluding hydrogens is 330 g/mol. The van der Waals surface area contributed by atoms with Gasteiger partial charge in [0.1, 0.15) is 11.5 Å². The van der Waals surface area contributed by atoms with Gasteiger partial charge in [-0.05, 0) is 30.7 Å². The van der Waals surface area contributed by atoms with E-state index in [4.69, 9.17) is 11.6 Å². The van der Waals surface area contributed by atoms with Crippen molar-refractivity contribution in [3.63, 3.8) is 0 Å². The quantitative estimate of drug-likeness (QED) is 0.934. The number of nitrogens with one attached hydrogen (secondary N) is 1. The third-order valence-electron chi connectivity index (χ3n) is 2.46. The van der Waals surface area contributed by atoms with Gasteiger partial charge in [-0.15, -0.1) is 0 Å². The number of aromatic nitrogens is 2. The molecule has 0 spiro atoms. The minimum Gasteiger partial charge on any atom is -0.347 e. The lowest BCUT2D eigenvalue weighted by Crippen LogP contribution is -2.24. The Morgan fingerprint density at radius 2 is 2.21 bits per heavy atom. The maximum atomic E-state index is 11.9. The van der Waals surface area contributed by atoms with E-state index in [9.17, 15) is 4.79 Å². The average molecular weight is 341 g/mol. The second kappa shape index (κ2) is 6.12. The molecule has 0 fully saturated rings. The van der Waals surface area contributed by atoms with Crippen LogP contribution in [0.15, 0.2) is 34.9 Å². The molecule has 0 aliphatic heterocycles. The van der Waals surface area contributed by atoms with Gasteiger partial charge in [-0.25, -0.2) is 9.97 Å². The molecule has 0 unspecified atom stereocenters. The first kappa shape index (κ1) is 14.0. The van der Waals surface area contributed by atoms with E-state index in [0.29, 0.717) is 23.1 Å². The second-order valence-electron chi connectivity index (χ2n) is 3.91. The third-order valence-corrected chi connectivity index (χ3v) is 3.31. The van der Waals surface area contributed by atoms with Gasteiger partial charge in [-0.1, -0.05) is 33.6 Å². The first-order valence-electron chi connectivity index (χ1n) is 5.58. The van der Waals surface area contributed by atoms with E-state index in [1.807, 2.05) is 12.1 Å². The Morgan fingerprint density at radius 1 is 1.42 bits per heavy atom. The minimum atomic E-state index is -0.246. The number of rotatable bonds is 3. The Morgan fingerprint density at radius 3 is 2.89 bits per heavy atom. The van der Waals surface area contributed by atoms with Crippen LogP contribution in [0.3, 0.4) is 0 Å². The molecule has 1 aromatic heterocycles. The normalized spacial score (nSPS) is 10.3. The summed E-state index contributed by atoms with van der Waals surface area (Å²) in [4.78, 5) is 19.9. The summed E-state index contributed by atoms with van der Waals surface area (Å²) in [6.07, 6.45) is 1.56. The van der Waals surface area contributed by atoms with Gasteiger partial charge in [-0.2, -0.15) is 0 Å². The Bertz CT molecular complexity index is 619. The van der Waals surface area contributed by atoms with Crippen molar-refractivity contribution >= 4 is 33.4 Å². The molecular formula is C13H11BrClN3O. The molecule has 0 saturated carbocycles. The van der Waals surface area contributed by atoms with Gasteiger partial charge in [0.2, 0.25) is 0 Å². The summed E-state index contributed by atoms with van der Waals surface area (Å²) < 4.78 is 0.902. The molecule has 1 heterocycles. The van der Waals surface area contributed by atoms with E-state index in [1.54, 1.807) is 25.3 Å². The maximum absolute atomic E-state index is 11.9. The van der Waals surface area contributed by atoms with Crippen molar-refractivity contribution in [2.75, 3.05) is 0 Å². The first-order valence-corrected chi connectivity index (χ1v) is 6.75. The lowest BCUT2D eigenvalue weighted by Gasteiger charge is -2.07. The van der Waals surface area contributed by atoms with Crippen molar-refractivity contribution in [2.24, 2.45) is 0 Å².